The normalized spacial score (nSPS) is 0. The third-order valence-electron chi connectivity index (χ3n) is 0. The van der Waals surface area contributed by atoms with Crippen LogP contribution in [0, 0.1) is 0 Å². The van der Waals surface area contributed by atoms with E-state index in [9.17, 15) is 0 Å². The average Bonchev–Trinajstić information content (AvgIpc) is 0. The van der Waals surface area contributed by atoms with Crippen LogP contribution in [-0.2, 0) is 17.1 Å². The van der Waals surface area contributed by atoms with Gasteiger partial charge in [0.1, 0.15) is 0 Å². The quantitative estimate of drug-likeness (QED) is 0.324. The van der Waals surface area contributed by atoms with Crippen molar-refractivity contribution < 1.29 is 17.1 Å². The molecule has 0 aromatic rings. The molecule has 30 valence electrons. The van der Waals surface area contributed by atoms with Crippen molar-refractivity contribution in [2.75, 3.05) is 0 Å². The van der Waals surface area contributed by atoms with E-state index in [0.717, 1.165) is 0 Å². The summed E-state index contributed by atoms with van der Waals surface area (Å²) in [6, 6.07) is 0. The maximum absolute atomic E-state index is 0. The zero-order chi connectivity index (χ0) is 0. The minimum atomic E-state index is 0. The van der Waals surface area contributed by atoms with Gasteiger partial charge < -0.3 is 6.15 Å². The van der Waals surface area contributed by atoms with E-state index in [0.29, 0.717) is 0 Å². The van der Waals surface area contributed by atoms with E-state index in [1.54, 1.807) is 0 Å². The molecule has 0 aliphatic carbocycles. The molecule has 0 rings (SSSR count). The van der Waals surface area contributed by atoms with Crippen molar-refractivity contribution in [3.8, 4) is 0 Å². The first-order valence-electron chi connectivity index (χ1n) is 0. The van der Waals surface area contributed by atoms with E-state index >= 15 is 0 Å². The summed E-state index contributed by atoms with van der Waals surface area (Å²) in [6.45, 7) is 0. The van der Waals surface area contributed by atoms with Crippen LogP contribution in [-0.4, -0.2) is 8.41 Å². The molecule has 4 heteroatoms. The maximum atomic E-state index is 0. The van der Waals surface area contributed by atoms with E-state index in [-0.39, 0.29) is 41.5 Å². The average molecular weight is 121 g/mol. The van der Waals surface area contributed by atoms with Crippen LogP contribution in [0.4, 0.5) is 0 Å². The molecule has 0 bridgehead atoms. The monoisotopic (exact) mass is 121 g/mol. The van der Waals surface area contributed by atoms with Crippen LogP contribution in [0.1, 0.15) is 0 Å². The van der Waals surface area contributed by atoms with Gasteiger partial charge >= 0.3 is 0 Å². The molecule has 0 heterocycles. The standard InChI is InChI=1S/BH3.Fe.H3N.H3P/h1H3;;2*1H3. The zero-order valence-electron chi connectivity index (χ0n) is 1.77. The predicted octanol–water partition coefficient (Wildman–Crippen LogP) is -0.966. The fourth-order valence-corrected chi connectivity index (χ4v) is 0. The summed E-state index contributed by atoms with van der Waals surface area (Å²) in [4.78, 5) is 0. The Morgan fingerprint density at radius 3 is 1.00 bits per heavy atom. The number of hydrogen-bond donors (Lipinski definition) is 1. The Labute approximate surface area is 42.2 Å². The Morgan fingerprint density at radius 1 is 1.00 bits per heavy atom. The molecule has 0 aliphatic heterocycles. The Balaban J connectivity index is 0. The van der Waals surface area contributed by atoms with Gasteiger partial charge in [0.25, 0.3) is 0 Å². The Hall–Kier alpha value is 0.974. The summed E-state index contributed by atoms with van der Waals surface area (Å²) in [5, 5.41) is 0. The summed E-state index contributed by atoms with van der Waals surface area (Å²) in [5.74, 6) is 0. The molecule has 1 atom stereocenters. The van der Waals surface area contributed by atoms with Crippen LogP contribution < -0.4 is 6.15 Å². The Bertz CT molecular complexity index is 8.00. The SMILES string of the molecule is B.N.P.[Fe]. The fraction of sp³-hybridized carbons (Fsp3) is 0. The van der Waals surface area contributed by atoms with E-state index < -0.39 is 0 Å². The van der Waals surface area contributed by atoms with Crippen LogP contribution in [0.5, 0.6) is 0 Å². The molecule has 0 aromatic heterocycles. The van der Waals surface area contributed by atoms with Crippen molar-refractivity contribution in [3.63, 3.8) is 0 Å². The Morgan fingerprint density at radius 2 is 1.00 bits per heavy atom. The van der Waals surface area contributed by atoms with Crippen LogP contribution in [0.25, 0.3) is 0 Å². The second kappa shape index (κ2) is 37.0. The third kappa shape index (κ3) is 12.2. The first-order chi connectivity index (χ1) is 0. The van der Waals surface area contributed by atoms with Gasteiger partial charge in [-0.15, -0.1) is 0 Å². The van der Waals surface area contributed by atoms with Crippen LogP contribution in [0.2, 0.25) is 0 Å². The second-order valence-corrected chi connectivity index (χ2v) is 0. The Kier molecular flexibility index (Phi) is 766. The van der Waals surface area contributed by atoms with E-state index in [4.69, 9.17) is 0 Å². The zero-order valence-corrected chi connectivity index (χ0v) is 4.29. The van der Waals surface area contributed by atoms with Gasteiger partial charge in [0.2, 0.25) is 0 Å². The minimum absolute atomic E-state index is 0. The van der Waals surface area contributed by atoms with Crippen molar-refractivity contribution in [1.82, 2.24) is 6.15 Å². The van der Waals surface area contributed by atoms with Gasteiger partial charge in [-0.1, -0.05) is 0 Å². The molecule has 0 amide bonds. The molecule has 0 radical (unpaired) electrons. The van der Waals surface area contributed by atoms with Crippen molar-refractivity contribution in [2.24, 2.45) is 0 Å². The summed E-state index contributed by atoms with van der Waals surface area (Å²) >= 11 is 0. The van der Waals surface area contributed by atoms with Gasteiger partial charge in [-0.2, -0.15) is 9.90 Å². The van der Waals surface area contributed by atoms with Crippen molar-refractivity contribution in [2.45, 2.75) is 0 Å². The molecule has 1 unspecified atom stereocenters. The van der Waals surface area contributed by atoms with E-state index in [2.05, 4.69) is 0 Å². The van der Waals surface area contributed by atoms with Gasteiger partial charge in [-0.25, -0.2) is 0 Å². The third-order valence-corrected chi connectivity index (χ3v) is 0. The predicted molar refractivity (Wildman–Crippen MR) is 26.1 cm³/mol. The maximum Gasteiger partial charge on any atom is 0.0814 e. The first-order valence-corrected chi connectivity index (χ1v) is 0. The summed E-state index contributed by atoms with van der Waals surface area (Å²) in [7, 11) is 0. The summed E-state index contributed by atoms with van der Waals surface area (Å²) in [6.07, 6.45) is 0. The molecule has 3 N–H and O–H groups in total. The molecule has 0 saturated heterocycles. The molecular weight excluding hydrogens is 112 g/mol. The van der Waals surface area contributed by atoms with Gasteiger partial charge in [-0.05, 0) is 0 Å². The van der Waals surface area contributed by atoms with Crippen molar-refractivity contribution in [1.29, 1.82) is 0 Å². The van der Waals surface area contributed by atoms with Gasteiger partial charge in [0, 0.05) is 17.1 Å². The molecule has 0 fully saturated rings. The topological polar surface area (TPSA) is 35.0 Å². The van der Waals surface area contributed by atoms with Crippen molar-refractivity contribution >= 4 is 18.3 Å². The van der Waals surface area contributed by atoms with Crippen molar-refractivity contribution in [3.05, 3.63) is 0 Å². The van der Waals surface area contributed by atoms with Gasteiger partial charge in [-0.3, -0.25) is 0 Å². The molecule has 1 nitrogen and oxygen atoms in total. The largest absolute Gasteiger partial charge is 0.344 e. The van der Waals surface area contributed by atoms with Gasteiger partial charge in [0.05, 0.1) is 8.41 Å². The fourth-order valence-electron chi connectivity index (χ4n) is 0. The summed E-state index contributed by atoms with van der Waals surface area (Å²) < 4.78 is 0. The smallest absolute Gasteiger partial charge is 0.0814 e. The molecule has 4 heavy (non-hydrogen) atoms. The van der Waals surface area contributed by atoms with Crippen LogP contribution in [0.15, 0.2) is 0 Å². The molecule has 0 saturated carbocycles. The van der Waals surface area contributed by atoms with Crippen LogP contribution in [0.3, 0.4) is 0 Å². The molecular formula is H9BFeNP. The van der Waals surface area contributed by atoms with Crippen LogP contribution >= 0.6 is 9.90 Å². The van der Waals surface area contributed by atoms with E-state index in [1.165, 1.54) is 0 Å². The second-order valence-electron chi connectivity index (χ2n) is 0. The first kappa shape index (κ1) is 82.8. The molecule has 0 aromatic carbocycles. The molecule has 0 spiro atoms. The molecule has 0 aliphatic rings. The summed E-state index contributed by atoms with van der Waals surface area (Å²) in [5.41, 5.74) is 0. The number of rotatable bonds is 0. The minimum Gasteiger partial charge on any atom is -0.344 e. The van der Waals surface area contributed by atoms with Gasteiger partial charge in [0.15, 0.2) is 0 Å². The number of hydrogen-bond acceptors (Lipinski definition) is 1. The van der Waals surface area contributed by atoms with E-state index in [1.807, 2.05) is 0 Å².